The number of benzene rings is 2. The summed E-state index contributed by atoms with van der Waals surface area (Å²) in [6, 6.07) is 14.7. The molecule has 2 aliphatic carbocycles. The van der Waals surface area contributed by atoms with Gasteiger partial charge in [0.05, 0.1) is 0 Å². The van der Waals surface area contributed by atoms with Gasteiger partial charge in [0.2, 0.25) is 0 Å². The predicted molar refractivity (Wildman–Crippen MR) is 91.2 cm³/mol. The molecule has 2 aliphatic rings. The Morgan fingerprint density at radius 3 is 2.70 bits per heavy atom. The normalized spacial score (nSPS) is 30.2. The van der Waals surface area contributed by atoms with Crippen LogP contribution in [0.15, 0.2) is 54.6 Å². The van der Waals surface area contributed by atoms with Crippen molar-refractivity contribution in [3.63, 3.8) is 0 Å². The van der Waals surface area contributed by atoms with E-state index in [-0.39, 0.29) is 17.6 Å². The van der Waals surface area contributed by atoms with Gasteiger partial charge in [-0.15, -0.1) is 0 Å². The smallest absolute Gasteiger partial charge is 0.155 e. The Morgan fingerprint density at radius 2 is 1.83 bits per heavy atom. The molecule has 0 bridgehead atoms. The lowest BCUT2D eigenvalue weighted by atomic mass is 9.61. The van der Waals surface area contributed by atoms with E-state index in [1.54, 1.807) is 6.08 Å². The first kappa shape index (κ1) is 14.4. The van der Waals surface area contributed by atoms with Crippen molar-refractivity contribution in [3.05, 3.63) is 60.2 Å². The number of hydrogen-bond donors (Lipinski definition) is 0. The lowest BCUT2D eigenvalue weighted by Crippen LogP contribution is -2.35. The zero-order valence-electron chi connectivity index (χ0n) is 13.0. The van der Waals surface area contributed by atoms with Gasteiger partial charge >= 0.3 is 0 Å². The quantitative estimate of drug-likeness (QED) is 0.775. The number of fused-ring (bicyclic) bond motifs is 2. The van der Waals surface area contributed by atoms with Crippen molar-refractivity contribution in [2.75, 3.05) is 0 Å². The Balaban J connectivity index is 1.86. The lowest BCUT2D eigenvalue weighted by Gasteiger charge is -2.42. The van der Waals surface area contributed by atoms with Crippen molar-refractivity contribution in [1.82, 2.24) is 0 Å². The molecule has 0 radical (unpaired) electrons. The second-order valence-electron chi connectivity index (χ2n) is 6.84. The molecule has 116 valence electrons. The zero-order chi connectivity index (χ0) is 15.8. The van der Waals surface area contributed by atoms with Crippen molar-refractivity contribution in [3.8, 4) is 0 Å². The molecular weight excluding hydrogens is 284 g/mol. The van der Waals surface area contributed by atoms with Gasteiger partial charge in [-0.2, -0.15) is 0 Å². The van der Waals surface area contributed by atoms with E-state index in [2.05, 4.69) is 42.5 Å². The number of hydrogen-bond acceptors (Lipinski definition) is 2. The highest BCUT2D eigenvalue weighted by atomic mass is 16.1. The second kappa shape index (κ2) is 5.77. The first-order valence-electron chi connectivity index (χ1n) is 8.42. The average Bonchev–Trinajstić information content (AvgIpc) is 2.60. The standard InChI is InChI=1S/C21H20O2/c22-13-16-9-8-15-12-17(23)10-11-19(15)21(16)20-7-3-5-14-4-1-2-6-18(14)20/h1-7,10-11,13,15-16,19,21H,8-9,12H2/t15-,16-,19-,21-/m0/s1. The highest BCUT2D eigenvalue weighted by Crippen LogP contribution is 2.49. The van der Waals surface area contributed by atoms with E-state index in [4.69, 9.17) is 0 Å². The third kappa shape index (κ3) is 2.42. The van der Waals surface area contributed by atoms with Crippen molar-refractivity contribution in [1.29, 1.82) is 0 Å². The summed E-state index contributed by atoms with van der Waals surface area (Å²) in [6.45, 7) is 0. The fourth-order valence-corrected chi connectivity index (χ4v) is 4.55. The SMILES string of the molecule is O=C[C@@H]1CC[C@H]2CC(=O)C=C[C@@H]2[C@H]1c1cccc2ccccc12. The van der Waals surface area contributed by atoms with Gasteiger partial charge in [-0.05, 0) is 47.1 Å². The van der Waals surface area contributed by atoms with Crippen LogP contribution >= 0.6 is 0 Å². The van der Waals surface area contributed by atoms with Crippen molar-refractivity contribution in [2.24, 2.45) is 17.8 Å². The van der Waals surface area contributed by atoms with E-state index in [1.165, 1.54) is 16.3 Å². The summed E-state index contributed by atoms with van der Waals surface area (Å²) in [6.07, 6.45) is 7.43. The summed E-state index contributed by atoms with van der Waals surface area (Å²) in [5.41, 5.74) is 1.26. The Morgan fingerprint density at radius 1 is 1.00 bits per heavy atom. The lowest BCUT2D eigenvalue weighted by molar-refractivity contribution is -0.117. The molecule has 4 rings (SSSR count). The molecule has 0 heterocycles. The van der Waals surface area contributed by atoms with E-state index in [0.717, 1.165) is 19.1 Å². The highest BCUT2D eigenvalue weighted by molar-refractivity contribution is 5.91. The average molecular weight is 304 g/mol. The summed E-state index contributed by atoms with van der Waals surface area (Å²) < 4.78 is 0. The molecule has 0 amide bonds. The van der Waals surface area contributed by atoms with E-state index >= 15 is 0 Å². The monoisotopic (exact) mass is 304 g/mol. The van der Waals surface area contributed by atoms with Crippen LogP contribution in [-0.4, -0.2) is 12.1 Å². The number of allylic oxidation sites excluding steroid dienone is 2. The van der Waals surface area contributed by atoms with E-state index in [1.807, 2.05) is 6.07 Å². The summed E-state index contributed by atoms with van der Waals surface area (Å²) in [7, 11) is 0. The van der Waals surface area contributed by atoms with E-state index in [0.29, 0.717) is 18.3 Å². The number of carbonyl (C=O) groups is 2. The summed E-state index contributed by atoms with van der Waals surface area (Å²) >= 11 is 0. The molecule has 23 heavy (non-hydrogen) atoms. The summed E-state index contributed by atoms with van der Waals surface area (Å²) in [4.78, 5) is 23.5. The van der Waals surface area contributed by atoms with Crippen molar-refractivity contribution >= 4 is 22.8 Å². The number of carbonyl (C=O) groups excluding carboxylic acids is 2. The Labute approximate surface area is 136 Å². The highest BCUT2D eigenvalue weighted by Gasteiger charge is 2.41. The van der Waals surface area contributed by atoms with Crippen LogP contribution in [0.5, 0.6) is 0 Å². The molecule has 0 spiro atoms. The third-order valence-electron chi connectivity index (χ3n) is 5.62. The van der Waals surface area contributed by atoms with Crippen LogP contribution in [0.1, 0.15) is 30.7 Å². The maximum atomic E-state index is 11.8. The number of rotatable bonds is 2. The Bertz CT molecular complexity index is 784. The maximum Gasteiger partial charge on any atom is 0.155 e. The minimum absolute atomic E-state index is 0.0416. The molecule has 0 unspecified atom stereocenters. The third-order valence-corrected chi connectivity index (χ3v) is 5.62. The number of aldehydes is 1. The minimum Gasteiger partial charge on any atom is -0.303 e. The van der Waals surface area contributed by atoms with Crippen LogP contribution in [-0.2, 0) is 9.59 Å². The van der Waals surface area contributed by atoms with Crippen LogP contribution in [0.2, 0.25) is 0 Å². The molecule has 2 aromatic carbocycles. The summed E-state index contributed by atoms with van der Waals surface area (Å²) in [5.74, 6) is 1.13. The second-order valence-corrected chi connectivity index (χ2v) is 6.84. The van der Waals surface area contributed by atoms with Gasteiger partial charge in [-0.1, -0.05) is 48.5 Å². The maximum absolute atomic E-state index is 11.8. The molecule has 1 saturated carbocycles. The van der Waals surface area contributed by atoms with Gasteiger partial charge in [0, 0.05) is 18.3 Å². The van der Waals surface area contributed by atoms with Gasteiger partial charge in [-0.3, -0.25) is 4.79 Å². The Hall–Kier alpha value is -2.22. The van der Waals surface area contributed by atoms with Crippen LogP contribution < -0.4 is 0 Å². The van der Waals surface area contributed by atoms with Gasteiger partial charge < -0.3 is 4.79 Å². The molecule has 0 saturated heterocycles. The number of ketones is 1. The van der Waals surface area contributed by atoms with Gasteiger partial charge in [0.1, 0.15) is 6.29 Å². The predicted octanol–water partition coefficient (Wildman–Crippen LogP) is 4.29. The first-order chi connectivity index (χ1) is 11.3. The summed E-state index contributed by atoms with van der Waals surface area (Å²) in [5, 5.41) is 2.45. The fourth-order valence-electron chi connectivity index (χ4n) is 4.55. The van der Waals surface area contributed by atoms with Gasteiger partial charge in [0.25, 0.3) is 0 Å². The molecule has 4 atom stereocenters. The topological polar surface area (TPSA) is 34.1 Å². The van der Waals surface area contributed by atoms with Gasteiger partial charge in [-0.25, -0.2) is 0 Å². The first-order valence-corrected chi connectivity index (χ1v) is 8.42. The fraction of sp³-hybridized carbons (Fsp3) is 0.333. The van der Waals surface area contributed by atoms with E-state index < -0.39 is 0 Å². The molecule has 2 nitrogen and oxygen atoms in total. The van der Waals surface area contributed by atoms with Crippen LogP contribution in [0.25, 0.3) is 10.8 Å². The molecule has 0 aromatic heterocycles. The van der Waals surface area contributed by atoms with Crippen LogP contribution in [0, 0.1) is 17.8 Å². The minimum atomic E-state index is 0.0416. The van der Waals surface area contributed by atoms with E-state index in [9.17, 15) is 9.59 Å². The Kier molecular flexibility index (Phi) is 3.60. The van der Waals surface area contributed by atoms with Gasteiger partial charge in [0.15, 0.2) is 5.78 Å². The molecule has 0 aliphatic heterocycles. The van der Waals surface area contributed by atoms with Crippen LogP contribution in [0.3, 0.4) is 0 Å². The molecule has 1 fully saturated rings. The zero-order valence-corrected chi connectivity index (χ0v) is 13.0. The molecule has 0 N–H and O–H groups in total. The molecule has 2 heteroatoms. The van der Waals surface area contributed by atoms with Crippen molar-refractivity contribution in [2.45, 2.75) is 25.2 Å². The molecular formula is C21H20O2. The van der Waals surface area contributed by atoms with Crippen LogP contribution in [0.4, 0.5) is 0 Å². The largest absolute Gasteiger partial charge is 0.303 e. The van der Waals surface area contributed by atoms with Crippen molar-refractivity contribution < 1.29 is 9.59 Å². The molecule has 2 aromatic rings.